The molecule has 1 unspecified atom stereocenters. The van der Waals surface area contributed by atoms with Crippen molar-refractivity contribution in [3.63, 3.8) is 0 Å². The lowest BCUT2D eigenvalue weighted by molar-refractivity contribution is 0.380. The Morgan fingerprint density at radius 1 is 1.19 bits per heavy atom. The fourth-order valence-corrected chi connectivity index (χ4v) is 2.26. The summed E-state index contributed by atoms with van der Waals surface area (Å²) in [6.07, 6.45) is 1.78. The van der Waals surface area contributed by atoms with Gasteiger partial charge in [0.15, 0.2) is 0 Å². The number of likely N-dealkylation sites (N-methyl/N-ethyl adjacent to an activating group) is 1. The number of aromatic nitrogens is 1. The van der Waals surface area contributed by atoms with Gasteiger partial charge in [0, 0.05) is 30.4 Å². The molecule has 1 N–H and O–H groups in total. The van der Waals surface area contributed by atoms with Crippen molar-refractivity contribution in [2.75, 3.05) is 21.3 Å². The molecular weight excluding hydrogens is 268 g/mol. The van der Waals surface area contributed by atoms with Crippen molar-refractivity contribution in [1.29, 1.82) is 0 Å². The molecule has 1 aromatic carbocycles. The summed E-state index contributed by atoms with van der Waals surface area (Å²) >= 11 is 0. The Balaban J connectivity index is 2.33. The predicted octanol–water partition coefficient (Wildman–Crippen LogP) is 1.83. The maximum absolute atomic E-state index is 11.8. The third kappa shape index (κ3) is 3.44. The fourth-order valence-electron chi connectivity index (χ4n) is 2.26. The first-order valence-corrected chi connectivity index (χ1v) is 6.74. The van der Waals surface area contributed by atoms with E-state index in [1.165, 1.54) is 0 Å². The van der Waals surface area contributed by atoms with E-state index in [4.69, 9.17) is 9.47 Å². The lowest BCUT2D eigenvalue weighted by Gasteiger charge is -2.21. The molecular formula is C16H20N2O3. The number of pyridine rings is 1. The van der Waals surface area contributed by atoms with Crippen LogP contribution in [0.3, 0.4) is 0 Å². The Morgan fingerprint density at radius 2 is 2.00 bits per heavy atom. The van der Waals surface area contributed by atoms with Gasteiger partial charge in [-0.05, 0) is 25.2 Å². The molecule has 0 saturated carbocycles. The molecule has 0 aliphatic heterocycles. The van der Waals surface area contributed by atoms with E-state index in [9.17, 15) is 4.79 Å². The number of nitrogens with zero attached hydrogens (tertiary/aromatic N) is 1. The zero-order valence-electron chi connectivity index (χ0n) is 12.5. The normalized spacial score (nSPS) is 12.0. The van der Waals surface area contributed by atoms with Crippen molar-refractivity contribution >= 4 is 0 Å². The van der Waals surface area contributed by atoms with Gasteiger partial charge >= 0.3 is 0 Å². The minimum Gasteiger partial charge on any atom is -0.497 e. The van der Waals surface area contributed by atoms with Crippen LogP contribution in [0, 0.1) is 0 Å². The van der Waals surface area contributed by atoms with E-state index in [1.807, 2.05) is 31.3 Å². The summed E-state index contributed by atoms with van der Waals surface area (Å²) in [5, 5.41) is 3.23. The minimum absolute atomic E-state index is 0.0229. The highest BCUT2D eigenvalue weighted by molar-refractivity contribution is 5.42. The molecule has 2 aromatic rings. The molecule has 0 amide bonds. The number of rotatable bonds is 6. The van der Waals surface area contributed by atoms with Crippen molar-refractivity contribution in [3.05, 3.63) is 58.5 Å². The quantitative estimate of drug-likeness (QED) is 0.881. The largest absolute Gasteiger partial charge is 0.497 e. The Morgan fingerprint density at radius 3 is 2.62 bits per heavy atom. The van der Waals surface area contributed by atoms with Crippen molar-refractivity contribution in [2.24, 2.45) is 0 Å². The van der Waals surface area contributed by atoms with Crippen LogP contribution in [0.5, 0.6) is 11.5 Å². The molecule has 0 aliphatic carbocycles. The zero-order chi connectivity index (χ0) is 15.2. The highest BCUT2D eigenvalue weighted by Gasteiger charge is 2.16. The third-order valence-corrected chi connectivity index (χ3v) is 3.44. The highest BCUT2D eigenvalue weighted by atomic mass is 16.5. The second-order valence-electron chi connectivity index (χ2n) is 4.64. The number of methoxy groups -OCH3 is 2. The Kier molecular flexibility index (Phi) is 5.00. The smallest absolute Gasteiger partial charge is 0.250 e. The molecule has 2 rings (SSSR count). The molecule has 0 spiro atoms. The van der Waals surface area contributed by atoms with Gasteiger partial charge in [0.05, 0.1) is 20.3 Å². The van der Waals surface area contributed by atoms with E-state index >= 15 is 0 Å². The number of benzene rings is 1. The molecule has 1 aromatic heterocycles. The molecule has 0 radical (unpaired) electrons. The third-order valence-electron chi connectivity index (χ3n) is 3.44. The molecule has 1 heterocycles. The van der Waals surface area contributed by atoms with Crippen molar-refractivity contribution in [3.8, 4) is 11.5 Å². The van der Waals surface area contributed by atoms with Gasteiger partial charge in [0.25, 0.3) is 5.56 Å². The van der Waals surface area contributed by atoms with E-state index in [1.54, 1.807) is 37.1 Å². The van der Waals surface area contributed by atoms with Gasteiger partial charge in [-0.15, -0.1) is 0 Å². The van der Waals surface area contributed by atoms with Crippen LogP contribution < -0.4 is 20.3 Å². The summed E-state index contributed by atoms with van der Waals surface area (Å²) in [7, 11) is 5.11. The number of ether oxygens (including phenoxy) is 2. The van der Waals surface area contributed by atoms with E-state index in [0.717, 1.165) is 17.1 Å². The van der Waals surface area contributed by atoms with E-state index in [-0.39, 0.29) is 11.6 Å². The average molecular weight is 288 g/mol. The van der Waals surface area contributed by atoms with Gasteiger partial charge in [-0.25, -0.2) is 0 Å². The SMILES string of the molecule is CNC(Cn1ccccc1=O)c1ccc(OC)cc1OC. The Labute approximate surface area is 124 Å². The Hall–Kier alpha value is -2.27. The van der Waals surface area contributed by atoms with Crippen LogP contribution >= 0.6 is 0 Å². The van der Waals surface area contributed by atoms with Gasteiger partial charge in [0.1, 0.15) is 11.5 Å². The van der Waals surface area contributed by atoms with Gasteiger partial charge in [-0.3, -0.25) is 4.79 Å². The Bertz CT molecular complexity index is 652. The maximum atomic E-state index is 11.8. The number of hydrogen-bond acceptors (Lipinski definition) is 4. The van der Waals surface area contributed by atoms with E-state index < -0.39 is 0 Å². The monoisotopic (exact) mass is 288 g/mol. The van der Waals surface area contributed by atoms with Gasteiger partial charge < -0.3 is 19.4 Å². The zero-order valence-corrected chi connectivity index (χ0v) is 12.5. The van der Waals surface area contributed by atoms with Gasteiger partial charge in [-0.1, -0.05) is 6.07 Å². The van der Waals surface area contributed by atoms with Crippen LogP contribution in [-0.2, 0) is 6.54 Å². The van der Waals surface area contributed by atoms with Crippen LogP contribution in [0.25, 0.3) is 0 Å². The summed E-state index contributed by atoms with van der Waals surface area (Å²) in [5.41, 5.74) is 0.960. The molecule has 0 aliphatic rings. The van der Waals surface area contributed by atoms with Crippen LogP contribution in [0.2, 0.25) is 0 Å². The van der Waals surface area contributed by atoms with Crippen molar-refractivity contribution < 1.29 is 9.47 Å². The first-order valence-electron chi connectivity index (χ1n) is 6.74. The lowest BCUT2D eigenvalue weighted by atomic mass is 10.1. The van der Waals surface area contributed by atoms with Crippen LogP contribution in [0.4, 0.5) is 0 Å². The summed E-state index contributed by atoms with van der Waals surface area (Å²) in [6, 6.07) is 10.8. The number of hydrogen-bond donors (Lipinski definition) is 1. The second-order valence-corrected chi connectivity index (χ2v) is 4.64. The first-order chi connectivity index (χ1) is 10.2. The fraction of sp³-hybridized carbons (Fsp3) is 0.312. The minimum atomic E-state index is -0.0362. The molecule has 0 fully saturated rings. The van der Waals surface area contributed by atoms with Crippen molar-refractivity contribution in [2.45, 2.75) is 12.6 Å². The summed E-state index contributed by atoms with van der Waals surface area (Å²) in [4.78, 5) is 11.8. The lowest BCUT2D eigenvalue weighted by Crippen LogP contribution is -2.28. The highest BCUT2D eigenvalue weighted by Crippen LogP contribution is 2.29. The molecule has 5 nitrogen and oxygen atoms in total. The van der Waals surface area contributed by atoms with Gasteiger partial charge in [-0.2, -0.15) is 0 Å². The maximum Gasteiger partial charge on any atom is 0.250 e. The molecule has 21 heavy (non-hydrogen) atoms. The standard InChI is InChI=1S/C16H20N2O3/c1-17-14(11-18-9-5-4-6-16(18)19)13-8-7-12(20-2)10-15(13)21-3/h4-10,14,17H,11H2,1-3H3. The molecule has 0 bridgehead atoms. The van der Waals surface area contributed by atoms with Crippen LogP contribution in [0.1, 0.15) is 11.6 Å². The van der Waals surface area contributed by atoms with Crippen molar-refractivity contribution in [1.82, 2.24) is 9.88 Å². The van der Waals surface area contributed by atoms with E-state index in [2.05, 4.69) is 5.32 Å². The first kappa shape index (κ1) is 15.1. The summed E-state index contributed by atoms with van der Waals surface area (Å²) < 4.78 is 12.3. The number of nitrogens with one attached hydrogen (secondary N) is 1. The second kappa shape index (κ2) is 6.95. The topological polar surface area (TPSA) is 52.5 Å². The molecule has 112 valence electrons. The summed E-state index contributed by atoms with van der Waals surface area (Å²) in [5.74, 6) is 1.47. The van der Waals surface area contributed by atoms with Gasteiger partial charge in [0.2, 0.25) is 0 Å². The molecule has 0 saturated heterocycles. The molecule has 1 atom stereocenters. The predicted molar refractivity (Wildman–Crippen MR) is 82.0 cm³/mol. The summed E-state index contributed by atoms with van der Waals surface area (Å²) in [6.45, 7) is 0.527. The van der Waals surface area contributed by atoms with Crippen LogP contribution in [0.15, 0.2) is 47.4 Å². The van der Waals surface area contributed by atoms with E-state index in [0.29, 0.717) is 6.54 Å². The molecule has 5 heteroatoms. The average Bonchev–Trinajstić information content (AvgIpc) is 2.53. The van der Waals surface area contributed by atoms with Crippen LogP contribution in [-0.4, -0.2) is 25.8 Å².